The maximum Gasteiger partial charge on any atom is 0.0457 e. The van der Waals surface area contributed by atoms with E-state index in [1.165, 1.54) is 61.8 Å². The molecule has 2 aromatic rings. The molecule has 108 valence electrons. The van der Waals surface area contributed by atoms with Crippen LogP contribution in [0, 0.1) is 0 Å². The number of nitrogens with zero attached hydrogens (tertiary/aromatic N) is 1. The van der Waals surface area contributed by atoms with Crippen LogP contribution >= 0.6 is 0 Å². The van der Waals surface area contributed by atoms with Crippen molar-refractivity contribution in [3.63, 3.8) is 0 Å². The minimum atomic E-state index is 0.962. The highest BCUT2D eigenvalue weighted by Gasteiger charge is 2.08. The lowest BCUT2D eigenvalue weighted by Gasteiger charge is -2.26. The largest absolute Gasteiger partial charge is 0.361 e. The summed E-state index contributed by atoms with van der Waals surface area (Å²) in [6, 6.07) is 8.51. The molecular weight excluding hydrogens is 246 g/mol. The van der Waals surface area contributed by atoms with Crippen molar-refractivity contribution in [3.8, 4) is 0 Å². The van der Waals surface area contributed by atoms with E-state index >= 15 is 0 Å². The summed E-state index contributed by atoms with van der Waals surface area (Å²) in [4.78, 5) is 5.94. The zero-order valence-electron chi connectivity index (χ0n) is 12.2. The zero-order valence-corrected chi connectivity index (χ0v) is 12.2. The fraction of sp³-hybridized carbons (Fsp3) is 0.529. The van der Waals surface area contributed by atoms with Gasteiger partial charge in [-0.1, -0.05) is 24.6 Å². The Bertz CT molecular complexity index is 526. The Morgan fingerprint density at radius 3 is 2.85 bits per heavy atom. The van der Waals surface area contributed by atoms with Crippen LogP contribution in [0.25, 0.3) is 10.9 Å². The maximum atomic E-state index is 3.57. The van der Waals surface area contributed by atoms with Crippen molar-refractivity contribution in [1.29, 1.82) is 0 Å². The van der Waals surface area contributed by atoms with Crippen LogP contribution < -0.4 is 5.32 Å². The first-order valence-electron chi connectivity index (χ1n) is 7.91. The van der Waals surface area contributed by atoms with Gasteiger partial charge in [-0.3, -0.25) is 0 Å². The number of hydrogen-bond acceptors (Lipinski definition) is 2. The van der Waals surface area contributed by atoms with Gasteiger partial charge < -0.3 is 15.2 Å². The summed E-state index contributed by atoms with van der Waals surface area (Å²) in [5.41, 5.74) is 2.61. The number of hydrogen-bond donors (Lipinski definition) is 2. The quantitative estimate of drug-likeness (QED) is 0.791. The van der Waals surface area contributed by atoms with E-state index in [4.69, 9.17) is 0 Å². The second-order valence-corrected chi connectivity index (χ2v) is 5.79. The van der Waals surface area contributed by atoms with E-state index in [1.54, 1.807) is 0 Å². The molecule has 0 spiro atoms. The molecule has 0 atom stereocenters. The Hall–Kier alpha value is -1.32. The Balaban J connectivity index is 1.39. The Morgan fingerprint density at radius 1 is 1.10 bits per heavy atom. The molecule has 1 saturated heterocycles. The highest BCUT2D eigenvalue weighted by Crippen LogP contribution is 2.17. The first-order chi connectivity index (χ1) is 9.93. The van der Waals surface area contributed by atoms with E-state index in [0.29, 0.717) is 0 Å². The predicted molar refractivity (Wildman–Crippen MR) is 84.9 cm³/mol. The summed E-state index contributed by atoms with van der Waals surface area (Å²) in [7, 11) is 0. The lowest BCUT2D eigenvalue weighted by atomic mass is 10.1. The third-order valence-corrected chi connectivity index (χ3v) is 4.27. The van der Waals surface area contributed by atoms with Gasteiger partial charge in [0.15, 0.2) is 0 Å². The molecule has 1 aliphatic heterocycles. The third kappa shape index (κ3) is 3.41. The number of benzene rings is 1. The predicted octanol–water partition coefficient (Wildman–Crippen LogP) is 3.13. The van der Waals surface area contributed by atoms with Gasteiger partial charge >= 0.3 is 0 Å². The van der Waals surface area contributed by atoms with Crippen LogP contribution in [0.3, 0.4) is 0 Å². The fourth-order valence-corrected chi connectivity index (χ4v) is 3.11. The summed E-state index contributed by atoms with van der Waals surface area (Å²) >= 11 is 0. The van der Waals surface area contributed by atoms with Gasteiger partial charge in [0.05, 0.1) is 0 Å². The summed E-state index contributed by atoms with van der Waals surface area (Å²) in [5.74, 6) is 0. The van der Waals surface area contributed by atoms with Gasteiger partial charge in [0.1, 0.15) is 0 Å². The van der Waals surface area contributed by atoms with Crippen LogP contribution in [-0.4, -0.2) is 36.1 Å². The molecule has 1 fully saturated rings. The lowest BCUT2D eigenvalue weighted by molar-refractivity contribution is 0.225. The molecule has 0 bridgehead atoms. The number of piperidine rings is 1. The highest BCUT2D eigenvalue weighted by atomic mass is 15.1. The van der Waals surface area contributed by atoms with Gasteiger partial charge in [-0.25, -0.2) is 0 Å². The molecule has 1 aromatic carbocycles. The summed E-state index contributed by atoms with van der Waals surface area (Å²) in [5, 5.41) is 4.92. The van der Waals surface area contributed by atoms with Gasteiger partial charge in [-0.05, 0) is 57.1 Å². The van der Waals surface area contributed by atoms with E-state index in [1.807, 2.05) is 0 Å². The lowest BCUT2D eigenvalue weighted by Crippen LogP contribution is -2.32. The first kappa shape index (κ1) is 13.7. The molecule has 20 heavy (non-hydrogen) atoms. The average Bonchev–Trinajstić information content (AvgIpc) is 2.91. The van der Waals surface area contributed by atoms with E-state index in [0.717, 1.165) is 13.1 Å². The van der Waals surface area contributed by atoms with E-state index in [-0.39, 0.29) is 0 Å². The van der Waals surface area contributed by atoms with Crippen molar-refractivity contribution in [3.05, 3.63) is 36.0 Å². The molecule has 3 heteroatoms. The minimum Gasteiger partial charge on any atom is -0.361 e. The number of aromatic nitrogens is 1. The monoisotopic (exact) mass is 271 g/mol. The van der Waals surface area contributed by atoms with Crippen molar-refractivity contribution in [2.45, 2.75) is 32.2 Å². The van der Waals surface area contributed by atoms with Crippen LogP contribution in [0.5, 0.6) is 0 Å². The molecule has 0 saturated carbocycles. The van der Waals surface area contributed by atoms with Gasteiger partial charge in [0.25, 0.3) is 0 Å². The highest BCUT2D eigenvalue weighted by molar-refractivity contribution is 5.82. The van der Waals surface area contributed by atoms with Crippen LogP contribution in [0.15, 0.2) is 30.5 Å². The summed E-state index contributed by atoms with van der Waals surface area (Å²) in [6.07, 6.45) is 7.59. The van der Waals surface area contributed by atoms with Crippen molar-refractivity contribution >= 4 is 10.9 Å². The van der Waals surface area contributed by atoms with Gasteiger partial charge in [0.2, 0.25) is 0 Å². The summed E-state index contributed by atoms with van der Waals surface area (Å²) < 4.78 is 0. The van der Waals surface area contributed by atoms with Crippen molar-refractivity contribution in [2.24, 2.45) is 0 Å². The molecule has 2 N–H and O–H groups in total. The molecule has 1 aliphatic rings. The molecule has 3 rings (SSSR count). The second kappa shape index (κ2) is 6.91. The maximum absolute atomic E-state index is 3.57. The number of likely N-dealkylation sites (tertiary alicyclic amines) is 1. The molecule has 1 aromatic heterocycles. The van der Waals surface area contributed by atoms with Crippen LogP contribution in [-0.2, 0) is 6.54 Å². The smallest absolute Gasteiger partial charge is 0.0457 e. The van der Waals surface area contributed by atoms with Gasteiger partial charge in [-0.15, -0.1) is 0 Å². The molecule has 3 nitrogen and oxygen atoms in total. The molecule has 0 unspecified atom stereocenters. The number of H-pyrrole nitrogens is 1. The SMILES string of the molecule is c1ccc2c(CNCCCN3CCCCC3)c[nH]c2c1. The second-order valence-electron chi connectivity index (χ2n) is 5.79. The Labute approximate surface area is 121 Å². The number of rotatable bonds is 6. The summed E-state index contributed by atoms with van der Waals surface area (Å²) in [6.45, 7) is 5.94. The van der Waals surface area contributed by atoms with Gasteiger partial charge in [0, 0.05) is 23.6 Å². The Morgan fingerprint density at radius 2 is 1.95 bits per heavy atom. The zero-order chi connectivity index (χ0) is 13.6. The van der Waals surface area contributed by atoms with Crippen LogP contribution in [0.2, 0.25) is 0 Å². The van der Waals surface area contributed by atoms with Crippen molar-refractivity contribution < 1.29 is 0 Å². The number of fused-ring (bicyclic) bond motifs is 1. The number of aromatic amines is 1. The van der Waals surface area contributed by atoms with E-state index in [2.05, 4.69) is 45.7 Å². The fourth-order valence-electron chi connectivity index (χ4n) is 3.11. The number of nitrogens with one attached hydrogen (secondary N) is 2. The topological polar surface area (TPSA) is 31.1 Å². The molecular formula is C17H25N3. The minimum absolute atomic E-state index is 0.962. The van der Waals surface area contributed by atoms with Crippen molar-refractivity contribution in [1.82, 2.24) is 15.2 Å². The molecule has 0 amide bonds. The van der Waals surface area contributed by atoms with Crippen LogP contribution in [0.4, 0.5) is 0 Å². The van der Waals surface area contributed by atoms with Gasteiger partial charge in [-0.2, -0.15) is 0 Å². The Kier molecular flexibility index (Phi) is 4.72. The standard InChI is InChI=1S/C17H25N3/c1-4-10-20(11-5-1)12-6-9-18-13-15-14-19-17-8-3-2-7-16(15)17/h2-3,7-8,14,18-19H,1,4-6,9-13H2. The molecule has 0 aliphatic carbocycles. The van der Waals surface area contributed by atoms with E-state index < -0.39 is 0 Å². The van der Waals surface area contributed by atoms with Crippen molar-refractivity contribution in [2.75, 3.05) is 26.2 Å². The van der Waals surface area contributed by atoms with Crippen LogP contribution in [0.1, 0.15) is 31.2 Å². The number of para-hydroxylation sites is 1. The first-order valence-corrected chi connectivity index (χ1v) is 7.91. The molecule has 0 radical (unpaired) electrons. The van der Waals surface area contributed by atoms with E-state index in [9.17, 15) is 0 Å². The average molecular weight is 271 g/mol. The third-order valence-electron chi connectivity index (χ3n) is 4.27. The normalized spacial score (nSPS) is 16.8. The molecule has 2 heterocycles.